The van der Waals surface area contributed by atoms with Crippen LogP contribution in [-0.2, 0) is 10.0 Å². The SMILES string of the molecule is Cc1onc(-c2ccccc2)c1-c1ccc(S(=O)(=O)N2CCCC(c3nc4ccccc4[nH]3)C2)cc1. The summed E-state index contributed by atoms with van der Waals surface area (Å²) in [6, 6.07) is 24.7. The first kappa shape index (κ1) is 22.7. The van der Waals surface area contributed by atoms with Gasteiger partial charge in [0.2, 0.25) is 10.0 Å². The highest BCUT2D eigenvalue weighted by Gasteiger charge is 2.32. The fourth-order valence-electron chi connectivity index (χ4n) is 5.00. The number of hydrogen-bond acceptors (Lipinski definition) is 5. The summed E-state index contributed by atoms with van der Waals surface area (Å²) in [5.41, 5.74) is 5.31. The third kappa shape index (κ3) is 4.02. The summed E-state index contributed by atoms with van der Waals surface area (Å²) in [4.78, 5) is 8.38. The van der Waals surface area contributed by atoms with E-state index in [0.717, 1.165) is 52.1 Å². The van der Waals surface area contributed by atoms with Crippen LogP contribution in [-0.4, -0.2) is 40.9 Å². The molecule has 0 saturated carbocycles. The van der Waals surface area contributed by atoms with Gasteiger partial charge in [-0.25, -0.2) is 13.4 Å². The van der Waals surface area contributed by atoms with Gasteiger partial charge in [-0.1, -0.05) is 59.8 Å². The molecule has 0 aliphatic carbocycles. The third-order valence-corrected chi connectivity index (χ3v) is 8.75. The standard InChI is InChI=1S/C28H26N4O3S/c1-19-26(27(31-35-19)21-8-3-2-4-9-21)20-13-15-23(16-14-20)36(33,34)32-17-7-10-22(18-32)28-29-24-11-5-6-12-25(24)30-28/h2-6,8-9,11-16,22H,7,10,17-18H2,1H3,(H,29,30). The van der Waals surface area contributed by atoms with Crippen LogP contribution in [0.1, 0.15) is 30.3 Å². The van der Waals surface area contributed by atoms with Gasteiger partial charge in [0.1, 0.15) is 17.3 Å². The number of imidazole rings is 1. The zero-order valence-corrected chi connectivity index (χ0v) is 20.7. The maximum atomic E-state index is 13.6. The number of nitrogens with one attached hydrogen (secondary N) is 1. The Bertz CT molecular complexity index is 1590. The van der Waals surface area contributed by atoms with Crippen molar-refractivity contribution in [3.05, 3.63) is 90.4 Å². The van der Waals surface area contributed by atoms with Crippen molar-refractivity contribution in [3.8, 4) is 22.4 Å². The highest BCUT2D eigenvalue weighted by Crippen LogP contribution is 2.35. The normalized spacial score (nSPS) is 17.0. The van der Waals surface area contributed by atoms with Gasteiger partial charge >= 0.3 is 0 Å². The number of sulfonamides is 1. The average Bonchev–Trinajstić information content (AvgIpc) is 3.53. The van der Waals surface area contributed by atoms with Gasteiger partial charge in [-0.05, 0) is 49.6 Å². The molecule has 7 nitrogen and oxygen atoms in total. The first-order chi connectivity index (χ1) is 17.5. The van der Waals surface area contributed by atoms with Crippen LogP contribution in [0.2, 0.25) is 0 Å². The number of fused-ring (bicyclic) bond motifs is 1. The summed E-state index contributed by atoms with van der Waals surface area (Å²) in [6.07, 6.45) is 1.69. The van der Waals surface area contributed by atoms with Gasteiger partial charge in [0.25, 0.3) is 0 Å². The van der Waals surface area contributed by atoms with Crippen LogP contribution in [0.15, 0.2) is 88.3 Å². The van der Waals surface area contributed by atoms with E-state index in [-0.39, 0.29) is 10.8 Å². The van der Waals surface area contributed by atoms with Crippen LogP contribution in [0.5, 0.6) is 0 Å². The predicted molar refractivity (Wildman–Crippen MR) is 139 cm³/mol. The van der Waals surface area contributed by atoms with Crippen molar-refractivity contribution in [2.45, 2.75) is 30.6 Å². The lowest BCUT2D eigenvalue weighted by atomic mass is 9.99. The number of nitrogens with zero attached hydrogens (tertiary/aromatic N) is 3. The number of para-hydroxylation sites is 2. The molecule has 0 spiro atoms. The van der Waals surface area contributed by atoms with Crippen molar-refractivity contribution in [2.24, 2.45) is 0 Å². The molecule has 1 fully saturated rings. The number of benzene rings is 3. The monoisotopic (exact) mass is 498 g/mol. The molecule has 1 aliphatic rings. The van der Waals surface area contributed by atoms with Crippen molar-refractivity contribution >= 4 is 21.1 Å². The van der Waals surface area contributed by atoms with Crippen LogP contribution in [0.3, 0.4) is 0 Å². The number of H-pyrrole nitrogens is 1. The molecule has 36 heavy (non-hydrogen) atoms. The highest BCUT2D eigenvalue weighted by atomic mass is 32.2. The molecule has 5 aromatic rings. The minimum Gasteiger partial charge on any atom is -0.360 e. The van der Waals surface area contributed by atoms with Gasteiger partial charge in [-0.15, -0.1) is 0 Å². The molecular weight excluding hydrogens is 472 g/mol. The molecule has 3 heterocycles. The fourth-order valence-corrected chi connectivity index (χ4v) is 6.52. The minimum absolute atomic E-state index is 0.0354. The predicted octanol–water partition coefficient (Wildman–Crippen LogP) is 5.76. The van der Waals surface area contributed by atoms with E-state index in [0.29, 0.717) is 18.8 Å². The lowest BCUT2D eigenvalue weighted by molar-refractivity contribution is 0.310. The molecule has 1 atom stereocenters. The van der Waals surface area contributed by atoms with Crippen LogP contribution in [0.4, 0.5) is 0 Å². The molecule has 1 aliphatic heterocycles. The van der Waals surface area contributed by atoms with Crippen molar-refractivity contribution in [2.75, 3.05) is 13.1 Å². The van der Waals surface area contributed by atoms with E-state index in [2.05, 4.69) is 10.1 Å². The van der Waals surface area contributed by atoms with E-state index < -0.39 is 10.0 Å². The number of hydrogen-bond donors (Lipinski definition) is 1. The lowest BCUT2D eigenvalue weighted by Gasteiger charge is -2.31. The van der Waals surface area contributed by atoms with Gasteiger partial charge in [-0.3, -0.25) is 0 Å². The second-order valence-electron chi connectivity index (χ2n) is 9.19. The van der Waals surface area contributed by atoms with Crippen LogP contribution in [0.25, 0.3) is 33.4 Å². The average molecular weight is 499 g/mol. The molecule has 0 amide bonds. The molecule has 6 rings (SSSR count). The molecule has 182 valence electrons. The van der Waals surface area contributed by atoms with Crippen LogP contribution < -0.4 is 0 Å². The van der Waals surface area contributed by atoms with Crippen molar-refractivity contribution in [1.82, 2.24) is 19.4 Å². The Morgan fingerprint density at radius 1 is 0.944 bits per heavy atom. The van der Waals surface area contributed by atoms with E-state index in [1.54, 1.807) is 16.4 Å². The number of rotatable bonds is 5. The lowest BCUT2D eigenvalue weighted by Crippen LogP contribution is -2.39. The smallest absolute Gasteiger partial charge is 0.243 e. The quantitative estimate of drug-likeness (QED) is 0.333. The molecule has 1 N–H and O–H groups in total. The first-order valence-electron chi connectivity index (χ1n) is 12.1. The second-order valence-corrected chi connectivity index (χ2v) is 11.1. The van der Waals surface area contributed by atoms with E-state index >= 15 is 0 Å². The topological polar surface area (TPSA) is 92.1 Å². The zero-order valence-electron chi connectivity index (χ0n) is 19.9. The summed E-state index contributed by atoms with van der Waals surface area (Å²) in [7, 11) is -3.64. The second kappa shape index (κ2) is 9.04. The van der Waals surface area contributed by atoms with Gasteiger partial charge in [0.15, 0.2) is 0 Å². The molecule has 3 aromatic carbocycles. The van der Waals surface area contributed by atoms with E-state index in [9.17, 15) is 8.42 Å². The van der Waals surface area contributed by atoms with Crippen molar-refractivity contribution in [3.63, 3.8) is 0 Å². The minimum atomic E-state index is -3.64. The van der Waals surface area contributed by atoms with Gasteiger partial charge < -0.3 is 9.51 Å². The molecule has 8 heteroatoms. The Labute approximate surface area is 209 Å². The summed E-state index contributed by atoms with van der Waals surface area (Å²) in [5, 5.41) is 4.25. The Balaban J connectivity index is 1.26. The molecule has 1 unspecified atom stereocenters. The van der Waals surface area contributed by atoms with Crippen molar-refractivity contribution in [1.29, 1.82) is 0 Å². The Morgan fingerprint density at radius 2 is 1.69 bits per heavy atom. The number of aryl methyl sites for hydroxylation is 1. The Kier molecular flexibility index (Phi) is 5.70. The number of piperidine rings is 1. The van der Waals surface area contributed by atoms with E-state index in [4.69, 9.17) is 9.51 Å². The summed E-state index contributed by atoms with van der Waals surface area (Å²) < 4.78 is 34.2. The first-order valence-corrected chi connectivity index (χ1v) is 13.5. The summed E-state index contributed by atoms with van der Waals surface area (Å²) in [5.74, 6) is 1.57. The zero-order chi connectivity index (χ0) is 24.7. The molecule has 0 bridgehead atoms. The van der Waals surface area contributed by atoms with Crippen LogP contribution >= 0.6 is 0 Å². The Morgan fingerprint density at radius 3 is 2.47 bits per heavy atom. The van der Waals surface area contributed by atoms with Crippen LogP contribution in [0, 0.1) is 6.92 Å². The largest absolute Gasteiger partial charge is 0.360 e. The number of aromatic nitrogens is 3. The summed E-state index contributed by atoms with van der Waals surface area (Å²) in [6.45, 7) is 2.78. The van der Waals surface area contributed by atoms with Gasteiger partial charge in [0.05, 0.1) is 21.5 Å². The van der Waals surface area contributed by atoms with Crippen molar-refractivity contribution < 1.29 is 12.9 Å². The maximum Gasteiger partial charge on any atom is 0.243 e. The molecule has 2 aromatic heterocycles. The third-order valence-electron chi connectivity index (χ3n) is 6.87. The number of aromatic amines is 1. The molecule has 1 saturated heterocycles. The Hall–Kier alpha value is -3.75. The van der Waals surface area contributed by atoms with E-state index in [1.165, 1.54) is 0 Å². The highest BCUT2D eigenvalue weighted by molar-refractivity contribution is 7.89. The molecule has 0 radical (unpaired) electrons. The van der Waals surface area contributed by atoms with E-state index in [1.807, 2.05) is 73.7 Å². The van der Waals surface area contributed by atoms with Gasteiger partial charge in [-0.2, -0.15) is 4.31 Å². The molecular formula is C28H26N4O3S. The summed E-state index contributed by atoms with van der Waals surface area (Å²) >= 11 is 0. The maximum absolute atomic E-state index is 13.6. The fraction of sp³-hybridized carbons (Fsp3) is 0.214. The van der Waals surface area contributed by atoms with Gasteiger partial charge in [0, 0.05) is 24.6 Å².